The number of hydrogen-bond acceptors (Lipinski definition) is 5. The van der Waals surface area contributed by atoms with E-state index in [0.717, 1.165) is 35.4 Å². The highest BCUT2D eigenvalue weighted by Crippen LogP contribution is 2.19. The zero-order valence-electron chi connectivity index (χ0n) is 15.7. The topological polar surface area (TPSA) is 53.5 Å². The third-order valence-corrected chi connectivity index (χ3v) is 6.11. The van der Waals surface area contributed by atoms with Crippen molar-refractivity contribution in [3.63, 3.8) is 0 Å². The predicted molar refractivity (Wildman–Crippen MR) is 111 cm³/mol. The number of rotatable bonds is 6. The molecule has 0 N–H and O–H groups in total. The summed E-state index contributed by atoms with van der Waals surface area (Å²) in [6.45, 7) is 3.95. The molecule has 6 heteroatoms. The molecule has 3 aromatic rings. The molecule has 0 spiro atoms. The normalized spacial score (nSPS) is 15.1. The van der Waals surface area contributed by atoms with Gasteiger partial charge in [-0.15, -0.1) is 11.3 Å². The number of carbonyl (C=O) groups excluding carboxylic acids is 2. The first kappa shape index (κ1) is 18.8. The molecule has 1 aliphatic rings. The number of thiophene rings is 1. The lowest BCUT2D eigenvalue weighted by atomic mass is 10.1. The van der Waals surface area contributed by atoms with Crippen LogP contribution in [0.3, 0.4) is 0 Å². The molecule has 3 heterocycles. The van der Waals surface area contributed by atoms with Crippen molar-refractivity contribution in [1.29, 1.82) is 0 Å². The zero-order valence-corrected chi connectivity index (χ0v) is 16.5. The Balaban J connectivity index is 1.28. The van der Waals surface area contributed by atoms with Gasteiger partial charge in [0, 0.05) is 57.1 Å². The van der Waals surface area contributed by atoms with Gasteiger partial charge in [-0.05, 0) is 23.1 Å². The summed E-state index contributed by atoms with van der Waals surface area (Å²) >= 11 is 1.43. The summed E-state index contributed by atoms with van der Waals surface area (Å²) < 4.78 is 0. The van der Waals surface area contributed by atoms with E-state index in [0.29, 0.717) is 25.9 Å². The van der Waals surface area contributed by atoms with E-state index in [2.05, 4.69) is 34.1 Å². The van der Waals surface area contributed by atoms with E-state index in [-0.39, 0.29) is 11.7 Å². The van der Waals surface area contributed by atoms with Crippen LogP contribution in [0.4, 0.5) is 0 Å². The average Bonchev–Trinajstić information content (AvgIpc) is 3.28. The minimum Gasteiger partial charge on any atom is -0.340 e. The monoisotopic (exact) mass is 393 g/mol. The number of hydrogen-bond donors (Lipinski definition) is 0. The van der Waals surface area contributed by atoms with Crippen LogP contribution in [-0.4, -0.2) is 52.7 Å². The van der Waals surface area contributed by atoms with Crippen molar-refractivity contribution in [2.75, 3.05) is 26.2 Å². The van der Waals surface area contributed by atoms with Crippen molar-refractivity contribution >= 4 is 33.9 Å². The lowest BCUT2D eigenvalue weighted by Gasteiger charge is -2.35. The highest BCUT2D eigenvalue weighted by atomic mass is 32.1. The van der Waals surface area contributed by atoms with Crippen LogP contribution in [0.2, 0.25) is 0 Å². The largest absolute Gasteiger partial charge is 0.340 e. The van der Waals surface area contributed by atoms with Gasteiger partial charge in [0.05, 0.1) is 10.4 Å². The number of amides is 1. The minimum atomic E-state index is 0.0606. The summed E-state index contributed by atoms with van der Waals surface area (Å²) in [7, 11) is 0. The van der Waals surface area contributed by atoms with Gasteiger partial charge in [-0.2, -0.15) is 0 Å². The first-order valence-corrected chi connectivity index (χ1v) is 10.5. The number of fused-ring (bicyclic) bond motifs is 1. The number of aromatic nitrogens is 1. The number of ketones is 1. The van der Waals surface area contributed by atoms with Crippen molar-refractivity contribution in [2.45, 2.75) is 19.4 Å². The van der Waals surface area contributed by atoms with Crippen molar-refractivity contribution in [2.24, 2.45) is 0 Å². The fraction of sp³-hybridized carbons (Fsp3) is 0.318. The van der Waals surface area contributed by atoms with Crippen LogP contribution in [0.15, 0.2) is 54.0 Å². The van der Waals surface area contributed by atoms with Gasteiger partial charge < -0.3 is 4.90 Å². The van der Waals surface area contributed by atoms with Gasteiger partial charge >= 0.3 is 0 Å². The van der Waals surface area contributed by atoms with Gasteiger partial charge in [-0.1, -0.05) is 30.3 Å². The Morgan fingerprint density at radius 1 is 0.964 bits per heavy atom. The molecular weight excluding hydrogens is 370 g/mol. The number of carbonyl (C=O) groups is 2. The summed E-state index contributed by atoms with van der Waals surface area (Å²) in [4.78, 5) is 34.1. The lowest BCUT2D eigenvalue weighted by Crippen LogP contribution is -2.48. The quantitative estimate of drug-likeness (QED) is 0.601. The van der Waals surface area contributed by atoms with E-state index in [1.807, 2.05) is 34.7 Å². The van der Waals surface area contributed by atoms with E-state index < -0.39 is 0 Å². The highest BCUT2D eigenvalue weighted by molar-refractivity contribution is 7.12. The number of piperazine rings is 1. The second kappa shape index (κ2) is 8.63. The Hall–Kier alpha value is -2.57. The van der Waals surface area contributed by atoms with Crippen LogP contribution in [0.1, 0.15) is 28.1 Å². The highest BCUT2D eigenvalue weighted by Gasteiger charge is 2.22. The molecule has 1 aliphatic heterocycles. The van der Waals surface area contributed by atoms with Gasteiger partial charge in [0.1, 0.15) is 0 Å². The van der Waals surface area contributed by atoms with Gasteiger partial charge in [0.2, 0.25) is 5.91 Å². The van der Waals surface area contributed by atoms with Crippen LogP contribution in [-0.2, 0) is 11.3 Å². The summed E-state index contributed by atoms with van der Waals surface area (Å²) in [5.41, 5.74) is 2.27. The van der Waals surface area contributed by atoms with Crippen molar-refractivity contribution in [1.82, 2.24) is 14.8 Å². The molecule has 144 valence electrons. The Morgan fingerprint density at radius 2 is 1.79 bits per heavy atom. The molecule has 0 bridgehead atoms. The molecule has 1 amide bonds. The minimum absolute atomic E-state index is 0.0606. The Kier molecular flexibility index (Phi) is 5.78. The summed E-state index contributed by atoms with van der Waals surface area (Å²) in [6.07, 6.45) is 2.42. The van der Waals surface area contributed by atoms with E-state index in [1.165, 1.54) is 16.9 Å². The van der Waals surface area contributed by atoms with Crippen LogP contribution < -0.4 is 0 Å². The smallest absolute Gasteiger partial charge is 0.223 e. The molecule has 5 nitrogen and oxygen atoms in total. The second-order valence-electron chi connectivity index (χ2n) is 7.05. The first-order valence-electron chi connectivity index (χ1n) is 9.60. The predicted octanol–water partition coefficient (Wildman–Crippen LogP) is 3.60. The maximum Gasteiger partial charge on any atom is 0.223 e. The number of Topliss-reactive ketones (excluding diaryl/α,β-unsaturated/α-hetero) is 1. The molecule has 1 fully saturated rings. The summed E-state index contributed by atoms with van der Waals surface area (Å²) in [6, 6.07) is 14.0. The fourth-order valence-corrected chi connectivity index (χ4v) is 4.32. The Bertz CT molecular complexity index is 958. The fourth-order valence-electron chi connectivity index (χ4n) is 3.63. The van der Waals surface area contributed by atoms with E-state index in [1.54, 1.807) is 0 Å². The van der Waals surface area contributed by atoms with Gasteiger partial charge in [0.15, 0.2) is 5.78 Å². The molecule has 2 aromatic heterocycles. The zero-order chi connectivity index (χ0) is 19.3. The number of benzene rings is 1. The average molecular weight is 394 g/mol. The SMILES string of the molecule is O=C(CCC(=O)N1CCN(Cc2cccc3cccnc23)CC1)c1cccs1. The van der Waals surface area contributed by atoms with Crippen LogP contribution >= 0.6 is 11.3 Å². The van der Waals surface area contributed by atoms with Crippen LogP contribution in [0, 0.1) is 0 Å². The van der Waals surface area contributed by atoms with Crippen LogP contribution in [0.5, 0.6) is 0 Å². The van der Waals surface area contributed by atoms with Crippen molar-refractivity contribution in [3.8, 4) is 0 Å². The molecule has 4 rings (SSSR count). The summed E-state index contributed by atoms with van der Waals surface area (Å²) in [5, 5.41) is 3.05. The Morgan fingerprint density at radius 3 is 2.57 bits per heavy atom. The molecule has 0 radical (unpaired) electrons. The molecule has 28 heavy (non-hydrogen) atoms. The van der Waals surface area contributed by atoms with Crippen molar-refractivity contribution < 1.29 is 9.59 Å². The number of pyridine rings is 1. The third-order valence-electron chi connectivity index (χ3n) is 5.20. The van der Waals surface area contributed by atoms with Gasteiger partial charge in [0.25, 0.3) is 0 Å². The third kappa shape index (κ3) is 4.29. The molecule has 0 saturated carbocycles. The summed E-state index contributed by atoms with van der Waals surface area (Å²) in [5.74, 6) is 0.141. The van der Waals surface area contributed by atoms with E-state index in [4.69, 9.17) is 0 Å². The molecule has 1 aromatic carbocycles. The van der Waals surface area contributed by atoms with Crippen LogP contribution in [0.25, 0.3) is 10.9 Å². The Labute approximate surface area is 168 Å². The standard InChI is InChI=1S/C22H23N3O2S/c26-19(20-7-3-15-28-20)8-9-21(27)25-13-11-24(12-14-25)16-18-5-1-4-17-6-2-10-23-22(17)18/h1-7,10,15H,8-9,11-14,16H2. The second-order valence-corrected chi connectivity index (χ2v) is 8.00. The number of para-hydroxylation sites is 1. The molecular formula is C22H23N3O2S. The molecule has 1 saturated heterocycles. The first-order chi connectivity index (χ1) is 13.7. The maximum atomic E-state index is 12.5. The van der Waals surface area contributed by atoms with E-state index >= 15 is 0 Å². The molecule has 0 unspecified atom stereocenters. The molecule has 0 atom stereocenters. The van der Waals surface area contributed by atoms with Crippen molar-refractivity contribution in [3.05, 3.63) is 64.5 Å². The molecule has 0 aliphatic carbocycles. The number of nitrogens with zero attached hydrogens (tertiary/aromatic N) is 3. The lowest BCUT2D eigenvalue weighted by molar-refractivity contribution is -0.132. The maximum absolute atomic E-state index is 12.5. The van der Waals surface area contributed by atoms with E-state index in [9.17, 15) is 9.59 Å². The van der Waals surface area contributed by atoms with Gasteiger partial charge in [-0.3, -0.25) is 19.5 Å². The van der Waals surface area contributed by atoms with Gasteiger partial charge in [-0.25, -0.2) is 0 Å².